The molecule has 2 aromatic heterocycles. The van der Waals surface area contributed by atoms with Gasteiger partial charge in [-0.1, -0.05) is 114 Å². The van der Waals surface area contributed by atoms with Gasteiger partial charge in [0.15, 0.2) is 0 Å². The summed E-state index contributed by atoms with van der Waals surface area (Å²) in [4.78, 5) is 9.75. The van der Waals surface area contributed by atoms with E-state index in [0.717, 1.165) is 63.4 Å². The third-order valence-electron chi connectivity index (χ3n) is 12.2. The van der Waals surface area contributed by atoms with Gasteiger partial charge in [-0.2, -0.15) is 0 Å². The molecule has 0 N–H and O–H groups in total. The highest BCUT2D eigenvalue weighted by molar-refractivity contribution is 6.09. The first kappa shape index (κ1) is 36.3. The fourth-order valence-electron chi connectivity index (χ4n) is 8.36. The zero-order valence-corrected chi connectivity index (χ0v) is 33.8. The number of hydrogen-bond acceptors (Lipinski definition) is 4. The van der Waals surface area contributed by atoms with Gasteiger partial charge < -0.3 is 14.5 Å². The Morgan fingerprint density at radius 3 is 2.00 bits per heavy atom. The summed E-state index contributed by atoms with van der Waals surface area (Å²) in [7, 11) is 0. The summed E-state index contributed by atoms with van der Waals surface area (Å²) in [6.07, 6.45) is 4.12. The highest BCUT2D eigenvalue weighted by atomic mass is 16.5. The number of ether oxygens (including phenoxy) is 1. The Kier molecular flexibility index (Phi) is 9.12. The topological polar surface area (TPSA) is 33.5 Å². The Balaban J connectivity index is 1.14. The van der Waals surface area contributed by atoms with Gasteiger partial charge in [-0.05, 0) is 113 Å². The Morgan fingerprint density at radius 1 is 0.544 bits per heavy atom. The van der Waals surface area contributed by atoms with Gasteiger partial charge >= 0.3 is 0 Å². The van der Waals surface area contributed by atoms with E-state index in [2.05, 4.69) is 208 Å². The van der Waals surface area contributed by atoms with Crippen LogP contribution < -0.4 is 14.5 Å². The highest BCUT2D eigenvalue weighted by Gasteiger charge is 2.30. The molecule has 0 amide bonds. The molecule has 0 saturated carbocycles. The van der Waals surface area contributed by atoms with E-state index >= 15 is 0 Å². The zero-order chi connectivity index (χ0) is 39.3. The number of fused-ring (bicyclic) bond motifs is 4. The number of para-hydroxylation sites is 3. The van der Waals surface area contributed by atoms with E-state index < -0.39 is 0 Å². The van der Waals surface area contributed by atoms with Gasteiger partial charge in [-0.3, -0.25) is 4.57 Å². The lowest BCUT2D eigenvalue weighted by Gasteiger charge is -2.29. The molecule has 0 atom stereocenters. The van der Waals surface area contributed by atoms with Crippen LogP contribution >= 0.6 is 0 Å². The Morgan fingerprint density at radius 2 is 1.25 bits per heavy atom. The molecule has 1 aliphatic heterocycles. The largest absolute Gasteiger partial charge is 0.457 e. The van der Waals surface area contributed by atoms with E-state index in [4.69, 9.17) is 9.72 Å². The molecule has 9 rings (SSSR count). The van der Waals surface area contributed by atoms with Crippen molar-refractivity contribution in [3.8, 4) is 28.4 Å². The normalized spacial score (nSPS) is 13.1. The number of anilines is 4. The van der Waals surface area contributed by atoms with Crippen LogP contribution in [0.1, 0.15) is 65.5 Å². The molecule has 0 spiro atoms. The second-order valence-electron chi connectivity index (χ2n) is 16.7. The Labute approximate surface area is 336 Å². The van der Waals surface area contributed by atoms with E-state index in [9.17, 15) is 0 Å². The summed E-state index contributed by atoms with van der Waals surface area (Å²) in [6.45, 7) is 14.4. The van der Waals surface area contributed by atoms with Crippen LogP contribution in [0.4, 0.5) is 22.7 Å². The molecule has 0 saturated heterocycles. The molecule has 0 unspecified atom stereocenters. The first-order chi connectivity index (χ1) is 27.6. The van der Waals surface area contributed by atoms with Crippen molar-refractivity contribution in [3.05, 3.63) is 169 Å². The van der Waals surface area contributed by atoms with Gasteiger partial charge in [-0.25, -0.2) is 4.98 Å². The predicted octanol–water partition coefficient (Wildman–Crippen LogP) is 14.3. The minimum atomic E-state index is -0.00532. The van der Waals surface area contributed by atoms with Gasteiger partial charge in [0, 0.05) is 40.5 Å². The second-order valence-corrected chi connectivity index (χ2v) is 16.7. The van der Waals surface area contributed by atoms with Crippen LogP contribution in [0.5, 0.6) is 11.5 Å². The van der Waals surface area contributed by atoms with Crippen molar-refractivity contribution in [2.45, 2.75) is 65.2 Å². The van der Waals surface area contributed by atoms with Crippen LogP contribution in [0.3, 0.4) is 0 Å². The van der Waals surface area contributed by atoms with Gasteiger partial charge in [0.25, 0.3) is 0 Å². The third-order valence-corrected chi connectivity index (χ3v) is 12.2. The summed E-state index contributed by atoms with van der Waals surface area (Å²) < 4.78 is 9.19. The van der Waals surface area contributed by atoms with Crippen LogP contribution in [0.15, 0.2) is 158 Å². The van der Waals surface area contributed by atoms with Crippen molar-refractivity contribution in [2.75, 3.05) is 16.5 Å². The van der Waals surface area contributed by atoms with Crippen LogP contribution in [-0.2, 0) is 10.8 Å². The lowest BCUT2D eigenvalue weighted by molar-refractivity contribution is 0.439. The fourth-order valence-corrected chi connectivity index (χ4v) is 8.36. The number of rotatable bonds is 9. The van der Waals surface area contributed by atoms with E-state index in [-0.39, 0.29) is 10.8 Å². The summed E-state index contributed by atoms with van der Waals surface area (Å²) in [5, 5.41) is 2.35. The molecule has 6 aromatic carbocycles. The number of hydrogen-bond donors (Lipinski definition) is 0. The first-order valence-corrected chi connectivity index (χ1v) is 20.3. The SMILES string of the molecule is CCC(C)(CC)c1cccc(N2CN(c3cc(Oc4ccc5c6ccccc6n(-c6cc(C(C)(C)C)ccn6)c5c4)cc(-c4ccccc4)c3)c3ccccc32)c1. The maximum absolute atomic E-state index is 6.92. The Hall–Kier alpha value is -6.33. The monoisotopic (exact) mass is 746 g/mol. The molecule has 0 bridgehead atoms. The lowest BCUT2D eigenvalue weighted by atomic mass is 9.78. The molecule has 5 nitrogen and oxygen atoms in total. The second kappa shape index (κ2) is 14.3. The third kappa shape index (κ3) is 6.61. The molecule has 0 aliphatic carbocycles. The first-order valence-electron chi connectivity index (χ1n) is 20.3. The van der Waals surface area contributed by atoms with Crippen LogP contribution in [0.25, 0.3) is 38.8 Å². The van der Waals surface area contributed by atoms with E-state index in [1.54, 1.807) is 0 Å². The summed E-state index contributed by atoms with van der Waals surface area (Å²) in [5.74, 6) is 2.45. The van der Waals surface area contributed by atoms with E-state index in [0.29, 0.717) is 6.67 Å². The van der Waals surface area contributed by atoms with Gasteiger partial charge in [0.1, 0.15) is 24.0 Å². The molecule has 0 fully saturated rings. The lowest BCUT2D eigenvalue weighted by Crippen LogP contribution is -2.25. The number of benzene rings is 6. The highest BCUT2D eigenvalue weighted by Crippen LogP contribution is 2.47. The quantitative estimate of drug-likeness (QED) is 0.147. The maximum atomic E-state index is 6.92. The summed E-state index contributed by atoms with van der Waals surface area (Å²) >= 11 is 0. The standard InChI is InChI=1S/C52H50N4O/c1-7-52(6,8-2)39-19-16-20-40(31-39)54-35-55(48-24-15-14-23-47(48)54)41-29-37(36-17-10-9-11-18-36)30-43(33-41)57-42-25-26-45-44-21-12-13-22-46(44)56(49(45)34-42)50-32-38(27-28-53-50)51(3,4)5/h9-34H,7-8,35H2,1-6H3. The van der Waals surface area contributed by atoms with Crippen molar-refractivity contribution in [1.82, 2.24) is 9.55 Å². The van der Waals surface area contributed by atoms with Crippen molar-refractivity contribution in [2.24, 2.45) is 0 Å². The van der Waals surface area contributed by atoms with Crippen molar-refractivity contribution in [1.29, 1.82) is 0 Å². The minimum absolute atomic E-state index is 0.00532. The van der Waals surface area contributed by atoms with Crippen molar-refractivity contribution in [3.63, 3.8) is 0 Å². The van der Waals surface area contributed by atoms with E-state index in [1.165, 1.54) is 33.6 Å². The molecule has 0 radical (unpaired) electrons. The molecular weight excluding hydrogens is 697 g/mol. The van der Waals surface area contributed by atoms with Crippen molar-refractivity contribution < 1.29 is 4.74 Å². The summed E-state index contributed by atoms with van der Waals surface area (Å²) in [6, 6.07) is 54.5. The van der Waals surface area contributed by atoms with Gasteiger partial charge in [0.2, 0.25) is 0 Å². The zero-order valence-electron chi connectivity index (χ0n) is 33.8. The van der Waals surface area contributed by atoms with E-state index in [1.807, 2.05) is 6.20 Å². The minimum Gasteiger partial charge on any atom is -0.457 e. The smallest absolute Gasteiger partial charge is 0.137 e. The molecule has 284 valence electrons. The number of nitrogens with zero attached hydrogens (tertiary/aromatic N) is 4. The van der Waals surface area contributed by atoms with Crippen LogP contribution in [-0.4, -0.2) is 16.2 Å². The fraction of sp³-hybridized carbons (Fsp3) is 0.212. The number of aromatic nitrogens is 2. The van der Waals surface area contributed by atoms with Crippen LogP contribution in [0, 0.1) is 0 Å². The molecule has 57 heavy (non-hydrogen) atoms. The number of pyridine rings is 1. The Bertz CT molecular complexity index is 2740. The summed E-state index contributed by atoms with van der Waals surface area (Å²) in [5.41, 5.74) is 11.8. The van der Waals surface area contributed by atoms with Gasteiger partial charge in [-0.15, -0.1) is 0 Å². The predicted molar refractivity (Wildman–Crippen MR) is 239 cm³/mol. The average molecular weight is 747 g/mol. The van der Waals surface area contributed by atoms with Gasteiger partial charge in [0.05, 0.1) is 22.4 Å². The van der Waals surface area contributed by atoms with Crippen molar-refractivity contribution >= 4 is 44.6 Å². The molecule has 5 heteroatoms. The molecule has 1 aliphatic rings. The molecule has 3 heterocycles. The average Bonchev–Trinajstić information content (AvgIpc) is 3.80. The molecule has 8 aromatic rings. The molecular formula is C52H50N4O. The maximum Gasteiger partial charge on any atom is 0.137 e. The van der Waals surface area contributed by atoms with Crippen LogP contribution in [0.2, 0.25) is 0 Å².